The van der Waals surface area contributed by atoms with Crippen LogP contribution in [0.25, 0.3) is 11.2 Å². The zero-order chi connectivity index (χ0) is 27.5. The zero-order valence-electron chi connectivity index (χ0n) is 23.1. The minimum atomic E-state index is -1.82. The molecule has 2 fully saturated rings. The van der Waals surface area contributed by atoms with Crippen molar-refractivity contribution in [3.05, 3.63) is 30.1 Å². The second kappa shape index (κ2) is 9.29. The summed E-state index contributed by atoms with van der Waals surface area (Å²) in [4.78, 5) is 37.7. The number of allylic oxidation sites excluding steroid dienone is 2. The van der Waals surface area contributed by atoms with Gasteiger partial charge in [-0.3, -0.25) is 9.89 Å². The van der Waals surface area contributed by atoms with Crippen LogP contribution in [0.4, 0.5) is 21.0 Å². The second-order valence-electron chi connectivity index (χ2n) is 11.4. The molecule has 0 saturated carbocycles. The van der Waals surface area contributed by atoms with E-state index in [1.165, 1.54) is 4.90 Å². The average molecular weight is 539 g/mol. The molecule has 39 heavy (non-hydrogen) atoms. The smallest absolute Gasteiger partial charge is 0.410 e. The number of morpholine rings is 1. The topological polar surface area (TPSA) is 101 Å². The number of anilines is 2. The van der Waals surface area contributed by atoms with E-state index in [9.17, 15) is 4.79 Å². The lowest BCUT2D eigenvalue weighted by Crippen LogP contribution is -2.60. The number of aliphatic imine (C=N–C) groups is 1. The number of nitrogens with zero attached hydrogens (tertiary/aromatic N) is 8. The van der Waals surface area contributed by atoms with Crippen molar-refractivity contribution in [1.82, 2.24) is 24.4 Å². The van der Waals surface area contributed by atoms with Gasteiger partial charge < -0.3 is 23.8 Å². The van der Waals surface area contributed by atoms with E-state index in [0.29, 0.717) is 49.2 Å². The van der Waals surface area contributed by atoms with Crippen molar-refractivity contribution < 1.29 is 18.7 Å². The summed E-state index contributed by atoms with van der Waals surface area (Å²) < 4.78 is 28.9. The van der Waals surface area contributed by atoms with Crippen molar-refractivity contribution in [3.8, 4) is 0 Å². The van der Waals surface area contributed by atoms with Gasteiger partial charge in [0.05, 0.1) is 38.4 Å². The maximum atomic E-state index is 16.2. The number of amides is 1. The standard InChI is InChI=1S/C27H35FN8O3/c1-6-19-29-17-9-7-8-10-18(17)36(19)24-31-21-20(22(32-24)34-11-13-38-14-12-34)30-23(33(21)5)27(28)15-35(16-27)25(37)39-26(2,3)4/h7-10,17-18H,6,11-16H2,1-5H3. The predicted octanol–water partition coefficient (Wildman–Crippen LogP) is 3.11. The Labute approximate surface area is 227 Å². The number of alkyl halides is 1. The fourth-order valence-electron chi connectivity index (χ4n) is 5.55. The van der Waals surface area contributed by atoms with E-state index >= 15 is 4.39 Å². The van der Waals surface area contributed by atoms with Crippen LogP contribution in [-0.4, -0.2) is 93.4 Å². The molecular weight excluding hydrogens is 503 g/mol. The highest BCUT2D eigenvalue weighted by Gasteiger charge is 2.52. The average Bonchev–Trinajstić information content (AvgIpc) is 3.43. The molecule has 1 aliphatic carbocycles. The number of halogens is 1. The summed E-state index contributed by atoms with van der Waals surface area (Å²) in [6.07, 6.45) is 8.43. The molecule has 0 N–H and O–H groups in total. The summed E-state index contributed by atoms with van der Waals surface area (Å²) in [5.41, 5.74) is -1.39. The van der Waals surface area contributed by atoms with E-state index < -0.39 is 17.4 Å². The predicted molar refractivity (Wildman–Crippen MR) is 146 cm³/mol. The number of aryl methyl sites for hydroxylation is 1. The van der Waals surface area contributed by atoms with Crippen molar-refractivity contribution in [3.63, 3.8) is 0 Å². The number of aromatic nitrogens is 4. The first-order chi connectivity index (χ1) is 18.6. The van der Waals surface area contributed by atoms with Gasteiger partial charge in [0.15, 0.2) is 22.8 Å². The number of amidine groups is 1. The van der Waals surface area contributed by atoms with E-state index in [1.807, 2.05) is 12.2 Å². The molecule has 2 atom stereocenters. The van der Waals surface area contributed by atoms with Crippen LogP contribution in [0.15, 0.2) is 29.3 Å². The van der Waals surface area contributed by atoms with Crippen molar-refractivity contribution >= 4 is 34.9 Å². The lowest BCUT2D eigenvalue weighted by molar-refractivity contribution is -0.0587. The third kappa shape index (κ3) is 4.44. The van der Waals surface area contributed by atoms with Crippen molar-refractivity contribution in [2.24, 2.45) is 12.0 Å². The second-order valence-corrected chi connectivity index (χ2v) is 11.4. The monoisotopic (exact) mass is 538 g/mol. The van der Waals surface area contributed by atoms with E-state index in [0.717, 1.165) is 12.3 Å². The van der Waals surface area contributed by atoms with Crippen LogP contribution in [0.2, 0.25) is 0 Å². The first-order valence-electron chi connectivity index (χ1n) is 13.5. The first kappa shape index (κ1) is 25.7. The maximum Gasteiger partial charge on any atom is 0.410 e. The van der Waals surface area contributed by atoms with Crippen molar-refractivity contribution in [2.75, 3.05) is 49.2 Å². The Hall–Kier alpha value is -3.54. The minimum Gasteiger partial charge on any atom is -0.444 e. The molecule has 6 rings (SSSR count). The third-order valence-electron chi connectivity index (χ3n) is 7.42. The molecule has 0 bridgehead atoms. The molecule has 2 saturated heterocycles. The minimum absolute atomic E-state index is 0.00102. The number of fused-ring (bicyclic) bond motifs is 2. The van der Waals surface area contributed by atoms with Gasteiger partial charge in [0, 0.05) is 26.6 Å². The molecule has 1 amide bonds. The summed E-state index contributed by atoms with van der Waals surface area (Å²) in [6.45, 7) is 9.61. The van der Waals surface area contributed by atoms with Crippen molar-refractivity contribution in [2.45, 2.75) is 57.5 Å². The van der Waals surface area contributed by atoms with E-state index in [-0.39, 0.29) is 31.0 Å². The van der Waals surface area contributed by atoms with Crippen molar-refractivity contribution in [1.29, 1.82) is 0 Å². The van der Waals surface area contributed by atoms with Crippen LogP contribution in [-0.2, 0) is 22.2 Å². The molecule has 2 unspecified atom stereocenters. The van der Waals surface area contributed by atoms with Gasteiger partial charge in [0.2, 0.25) is 11.6 Å². The molecular formula is C27H35FN8O3. The maximum absolute atomic E-state index is 16.2. The molecule has 11 nitrogen and oxygen atoms in total. The normalized spacial score (nSPS) is 24.2. The Morgan fingerprint density at radius 3 is 2.56 bits per heavy atom. The molecule has 0 radical (unpaired) electrons. The Bertz CT molecular complexity index is 1380. The molecule has 2 aromatic rings. The number of carbonyl (C=O) groups is 1. The first-order valence-corrected chi connectivity index (χ1v) is 13.5. The van der Waals surface area contributed by atoms with Crippen LogP contribution in [0.5, 0.6) is 0 Å². The Morgan fingerprint density at radius 1 is 1.15 bits per heavy atom. The van der Waals surface area contributed by atoms with Gasteiger partial charge in [-0.25, -0.2) is 14.2 Å². The molecule has 5 heterocycles. The molecule has 12 heteroatoms. The molecule has 0 spiro atoms. The number of hydrogen-bond donors (Lipinski definition) is 0. The molecule has 3 aliphatic heterocycles. The van der Waals surface area contributed by atoms with Gasteiger partial charge in [-0.2, -0.15) is 9.97 Å². The summed E-state index contributed by atoms with van der Waals surface area (Å²) in [7, 11) is 1.77. The zero-order valence-corrected chi connectivity index (χ0v) is 23.1. The van der Waals surface area contributed by atoms with Crippen LogP contribution in [0.1, 0.15) is 39.9 Å². The van der Waals surface area contributed by atoms with Gasteiger partial charge in [0.1, 0.15) is 11.4 Å². The highest BCUT2D eigenvalue weighted by Crippen LogP contribution is 2.39. The lowest BCUT2D eigenvalue weighted by Gasteiger charge is -2.43. The van der Waals surface area contributed by atoms with Gasteiger partial charge in [-0.1, -0.05) is 31.2 Å². The molecule has 0 aromatic carbocycles. The van der Waals surface area contributed by atoms with Gasteiger partial charge in [-0.05, 0) is 20.8 Å². The van der Waals surface area contributed by atoms with Gasteiger partial charge in [0.25, 0.3) is 0 Å². The Kier molecular flexibility index (Phi) is 6.12. The van der Waals surface area contributed by atoms with Crippen LogP contribution in [0.3, 0.4) is 0 Å². The summed E-state index contributed by atoms with van der Waals surface area (Å²) in [5.74, 6) is 2.30. The van der Waals surface area contributed by atoms with E-state index in [4.69, 9.17) is 29.4 Å². The van der Waals surface area contributed by atoms with Crippen LogP contribution < -0.4 is 9.80 Å². The largest absolute Gasteiger partial charge is 0.444 e. The summed E-state index contributed by atoms with van der Waals surface area (Å²) in [5, 5.41) is 0. The Balaban J connectivity index is 1.40. The van der Waals surface area contributed by atoms with Crippen LogP contribution >= 0.6 is 0 Å². The van der Waals surface area contributed by atoms with Gasteiger partial charge in [-0.15, -0.1) is 0 Å². The summed E-state index contributed by atoms with van der Waals surface area (Å²) in [6, 6.07) is -0.0183. The SMILES string of the molecule is CCC1=NC2C=CC=CC2N1c1nc(N2CCOCC2)c2nc(C3(F)CN(C(=O)OC(C)(C)C)C3)n(C)c2n1. The summed E-state index contributed by atoms with van der Waals surface area (Å²) >= 11 is 0. The molecule has 208 valence electrons. The number of ether oxygens (including phenoxy) is 2. The number of hydrogen-bond acceptors (Lipinski definition) is 9. The number of likely N-dealkylation sites (tertiary alicyclic amines) is 1. The number of carbonyl (C=O) groups excluding carboxylic acids is 1. The quantitative estimate of drug-likeness (QED) is 0.586. The number of imidazole rings is 1. The fourth-order valence-corrected chi connectivity index (χ4v) is 5.55. The van der Waals surface area contributed by atoms with Gasteiger partial charge >= 0.3 is 6.09 Å². The third-order valence-corrected chi connectivity index (χ3v) is 7.42. The highest BCUT2D eigenvalue weighted by molar-refractivity contribution is 6.00. The molecule has 2 aromatic heterocycles. The lowest BCUT2D eigenvalue weighted by atomic mass is 9.96. The van der Waals surface area contributed by atoms with Crippen LogP contribution in [0, 0.1) is 0 Å². The molecule has 4 aliphatic rings. The fraction of sp³-hybridized carbons (Fsp3) is 0.593. The van der Waals surface area contributed by atoms with E-state index in [2.05, 4.69) is 28.9 Å². The van der Waals surface area contributed by atoms with E-state index in [1.54, 1.807) is 32.4 Å². The highest BCUT2D eigenvalue weighted by atomic mass is 19.1. The Morgan fingerprint density at radius 2 is 1.87 bits per heavy atom. The number of rotatable bonds is 4.